The molecule has 0 fully saturated rings. The molecule has 3 aromatic rings. The van der Waals surface area contributed by atoms with Crippen LogP contribution in [0.3, 0.4) is 0 Å². The van der Waals surface area contributed by atoms with E-state index in [1.165, 1.54) is 11.1 Å². The van der Waals surface area contributed by atoms with Gasteiger partial charge in [-0.1, -0.05) is 22.8 Å². The van der Waals surface area contributed by atoms with Crippen molar-refractivity contribution >= 4 is 23.2 Å². The number of rotatable bonds is 3. The standard InChI is InChI=1S/C15H14ClN5/c1-10-3-8-14(9-11(10)2)21-15(18-19-20-21)17-13-6-4-12(16)5-7-13/h3-9H,1-2H3,(H,17,18,20). The Morgan fingerprint density at radius 1 is 1.00 bits per heavy atom. The van der Waals surface area contributed by atoms with Crippen molar-refractivity contribution in [3.8, 4) is 5.69 Å². The fourth-order valence-electron chi connectivity index (χ4n) is 1.96. The molecule has 0 radical (unpaired) electrons. The van der Waals surface area contributed by atoms with Gasteiger partial charge in [0.25, 0.3) is 5.95 Å². The van der Waals surface area contributed by atoms with Gasteiger partial charge in [-0.3, -0.25) is 0 Å². The maximum absolute atomic E-state index is 5.88. The summed E-state index contributed by atoms with van der Waals surface area (Å²) in [6.45, 7) is 4.14. The summed E-state index contributed by atoms with van der Waals surface area (Å²) in [5, 5.41) is 15.7. The summed E-state index contributed by atoms with van der Waals surface area (Å²) in [4.78, 5) is 0. The van der Waals surface area contributed by atoms with E-state index in [1.54, 1.807) is 4.68 Å². The highest BCUT2D eigenvalue weighted by atomic mass is 35.5. The van der Waals surface area contributed by atoms with Crippen molar-refractivity contribution in [3.63, 3.8) is 0 Å². The van der Waals surface area contributed by atoms with Crippen molar-refractivity contribution in [1.82, 2.24) is 20.2 Å². The van der Waals surface area contributed by atoms with E-state index in [1.807, 2.05) is 30.3 Å². The first kappa shape index (κ1) is 13.6. The highest BCUT2D eigenvalue weighted by molar-refractivity contribution is 6.30. The summed E-state index contributed by atoms with van der Waals surface area (Å²) in [6.07, 6.45) is 0. The molecule has 0 amide bonds. The van der Waals surface area contributed by atoms with Crippen LogP contribution in [0.2, 0.25) is 5.02 Å². The number of tetrazole rings is 1. The minimum Gasteiger partial charge on any atom is -0.323 e. The summed E-state index contributed by atoms with van der Waals surface area (Å²) in [6, 6.07) is 13.5. The van der Waals surface area contributed by atoms with E-state index < -0.39 is 0 Å². The lowest BCUT2D eigenvalue weighted by molar-refractivity contribution is 0.790. The maximum atomic E-state index is 5.88. The van der Waals surface area contributed by atoms with Gasteiger partial charge in [0.2, 0.25) is 0 Å². The fourth-order valence-corrected chi connectivity index (χ4v) is 2.08. The lowest BCUT2D eigenvalue weighted by atomic mass is 10.1. The minimum atomic E-state index is 0.556. The summed E-state index contributed by atoms with van der Waals surface area (Å²) < 4.78 is 1.67. The Labute approximate surface area is 127 Å². The molecule has 21 heavy (non-hydrogen) atoms. The molecule has 3 rings (SSSR count). The van der Waals surface area contributed by atoms with Crippen LogP contribution in [0, 0.1) is 13.8 Å². The lowest BCUT2D eigenvalue weighted by Gasteiger charge is -2.08. The van der Waals surface area contributed by atoms with E-state index in [0.717, 1.165) is 11.4 Å². The van der Waals surface area contributed by atoms with Gasteiger partial charge in [0.1, 0.15) is 0 Å². The Balaban J connectivity index is 1.93. The first-order valence-electron chi connectivity index (χ1n) is 6.52. The summed E-state index contributed by atoms with van der Waals surface area (Å²) in [5.41, 5.74) is 4.22. The van der Waals surface area contributed by atoms with Crippen LogP contribution in [0.4, 0.5) is 11.6 Å². The molecule has 106 valence electrons. The molecule has 6 heteroatoms. The van der Waals surface area contributed by atoms with Crippen LogP contribution in [-0.2, 0) is 0 Å². The maximum Gasteiger partial charge on any atom is 0.252 e. The zero-order valence-corrected chi connectivity index (χ0v) is 12.5. The molecule has 0 unspecified atom stereocenters. The van der Waals surface area contributed by atoms with Crippen LogP contribution in [0.5, 0.6) is 0 Å². The monoisotopic (exact) mass is 299 g/mol. The molecule has 0 spiro atoms. The number of hydrogen-bond donors (Lipinski definition) is 1. The van der Waals surface area contributed by atoms with E-state index in [9.17, 15) is 0 Å². The van der Waals surface area contributed by atoms with Gasteiger partial charge in [0, 0.05) is 10.7 Å². The fraction of sp³-hybridized carbons (Fsp3) is 0.133. The molecule has 0 aliphatic heterocycles. The van der Waals surface area contributed by atoms with Crippen molar-refractivity contribution in [3.05, 3.63) is 58.6 Å². The number of aromatic nitrogens is 4. The van der Waals surface area contributed by atoms with E-state index in [4.69, 9.17) is 11.6 Å². The second-order valence-corrected chi connectivity index (χ2v) is 5.25. The predicted octanol–water partition coefficient (Wildman–Crippen LogP) is 3.68. The second kappa shape index (κ2) is 5.54. The molecule has 1 aromatic heterocycles. The summed E-state index contributed by atoms with van der Waals surface area (Å²) in [7, 11) is 0. The number of aryl methyl sites for hydroxylation is 2. The molecule has 5 nitrogen and oxygen atoms in total. The first-order chi connectivity index (χ1) is 10.1. The van der Waals surface area contributed by atoms with Gasteiger partial charge >= 0.3 is 0 Å². The normalized spacial score (nSPS) is 10.6. The SMILES string of the molecule is Cc1ccc(-n2nnnc2Nc2ccc(Cl)cc2)cc1C. The van der Waals surface area contributed by atoms with Gasteiger partial charge in [-0.25, -0.2) is 0 Å². The quantitative estimate of drug-likeness (QED) is 0.801. The van der Waals surface area contributed by atoms with Crippen LogP contribution in [0.25, 0.3) is 5.69 Å². The summed E-state index contributed by atoms with van der Waals surface area (Å²) in [5.74, 6) is 0.556. The molecule has 0 aliphatic rings. The van der Waals surface area contributed by atoms with Crippen LogP contribution in [0.1, 0.15) is 11.1 Å². The first-order valence-corrected chi connectivity index (χ1v) is 6.90. The van der Waals surface area contributed by atoms with Gasteiger partial charge in [-0.2, -0.15) is 4.68 Å². The van der Waals surface area contributed by atoms with Gasteiger partial charge in [-0.15, -0.1) is 0 Å². The zero-order chi connectivity index (χ0) is 14.8. The predicted molar refractivity (Wildman–Crippen MR) is 83.4 cm³/mol. The van der Waals surface area contributed by atoms with Crippen molar-refractivity contribution in [1.29, 1.82) is 0 Å². The number of nitrogens with zero attached hydrogens (tertiary/aromatic N) is 4. The van der Waals surface area contributed by atoms with Crippen LogP contribution >= 0.6 is 11.6 Å². The Morgan fingerprint density at radius 2 is 1.76 bits per heavy atom. The zero-order valence-electron chi connectivity index (χ0n) is 11.7. The molecule has 0 saturated carbocycles. The van der Waals surface area contributed by atoms with Gasteiger partial charge in [0.15, 0.2) is 0 Å². The highest BCUT2D eigenvalue weighted by Crippen LogP contribution is 2.20. The molecular formula is C15H14ClN5. The third-order valence-corrected chi connectivity index (χ3v) is 3.56. The molecule has 0 bridgehead atoms. The lowest BCUT2D eigenvalue weighted by Crippen LogP contribution is -2.04. The van der Waals surface area contributed by atoms with E-state index in [2.05, 4.69) is 46.8 Å². The van der Waals surface area contributed by atoms with E-state index in [0.29, 0.717) is 11.0 Å². The molecule has 0 saturated heterocycles. The Kier molecular flexibility index (Phi) is 3.58. The van der Waals surface area contributed by atoms with Gasteiger partial charge < -0.3 is 5.32 Å². The molecule has 1 heterocycles. The number of nitrogens with one attached hydrogen (secondary N) is 1. The average Bonchev–Trinajstić information content (AvgIpc) is 2.92. The van der Waals surface area contributed by atoms with Gasteiger partial charge in [-0.05, 0) is 71.8 Å². The second-order valence-electron chi connectivity index (χ2n) is 4.81. The molecule has 1 N–H and O–H groups in total. The molecule has 2 aromatic carbocycles. The largest absolute Gasteiger partial charge is 0.323 e. The topological polar surface area (TPSA) is 55.6 Å². The summed E-state index contributed by atoms with van der Waals surface area (Å²) >= 11 is 5.88. The number of hydrogen-bond acceptors (Lipinski definition) is 4. The van der Waals surface area contributed by atoms with Crippen LogP contribution in [0.15, 0.2) is 42.5 Å². The number of halogens is 1. The minimum absolute atomic E-state index is 0.556. The number of benzene rings is 2. The molecule has 0 atom stereocenters. The van der Waals surface area contributed by atoms with E-state index >= 15 is 0 Å². The average molecular weight is 300 g/mol. The third kappa shape index (κ3) is 2.87. The third-order valence-electron chi connectivity index (χ3n) is 3.30. The number of anilines is 2. The van der Waals surface area contributed by atoms with Crippen molar-refractivity contribution < 1.29 is 0 Å². The Morgan fingerprint density at radius 3 is 2.48 bits per heavy atom. The van der Waals surface area contributed by atoms with Gasteiger partial charge in [0.05, 0.1) is 5.69 Å². The highest BCUT2D eigenvalue weighted by Gasteiger charge is 2.09. The van der Waals surface area contributed by atoms with Crippen molar-refractivity contribution in [2.24, 2.45) is 0 Å². The van der Waals surface area contributed by atoms with Crippen LogP contribution < -0.4 is 5.32 Å². The Hall–Kier alpha value is -2.40. The molecular weight excluding hydrogens is 286 g/mol. The smallest absolute Gasteiger partial charge is 0.252 e. The molecule has 0 aliphatic carbocycles. The van der Waals surface area contributed by atoms with Crippen molar-refractivity contribution in [2.45, 2.75) is 13.8 Å². The Bertz CT molecular complexity index is 764. The van der Waals surface area contributed by atoms with Crippen LogP contribution in [-0.4, -0.2) is 20.2 Å². The van der Waals surface area contributed by atoms with Crippen molar-refractivity contribution in [2.75, 3.05) is 5.32 Å². The van der Waals surface area contributed by atoms with E-state index in [-0.39, 0.29) is 0 Å².